The molecular formula is C12H16N2O5S. The number of hydrogen-bond acceptors (Lipinski definition) is 5. The summed E-state index contributed by atoms with van der Waals surface area (Å²) < 4.78 is 4.86. The highest BCUT2D eigenvalue weighted by molar-refractivity contribution is 7.18. The summed E-state index contributed by atoms with van der Waals surface area (Å²) in [6.45, 7) is 1.42. The van der Waals surface area contributed by atoms with E-state index in [1.807, 2.05) is 0 Å². The Morgan fingerprint density at radius 1 is 1.40 bits per heavy atom. The fourth-order valence-corrected chi connectivity index (χ4v) is 2.39. The molecule has 0 radical (unpaired) electrons. The highest BCUT2D eigenvalue weighted by atomic mass is 32.1. The van der Waals surface area contributed by atoms with E-state index in [4.69, 9.17) is 9.84 Å². The lowest BCUT2D eigenvalue weighted by atomic mass is 10.3. The van der Waals surface area contributed by atoms with Crippen molar-refractivity contribution in [1.82, 2.24) is 4.90 Å². The Balaban J connectivity index is 2.79. The van der Waals surface area contributed by atoms with Crippen molar-refractivity contribution >= 4 is 34.1 Å². The molecule has 0 atom stereocenters. The van der Waals surface area contributed by atoms with Gasteiger partial charge in [0, 0.05) is 20.6 Å². The van der Waals surface area contributed by atoms with E-state index < -0.39 is 18.4 Å². The van der Waals surface area contributed by atoms with Gasteiger partial charge in [-0.25, -0.2) is 0 Å². The van der Waals surface area contributed by atoms with Crippen LogP contribution in [0.3, 0.4) is 0 Å². The monoisotopic (exact) mass is 300 g/mol. The van der Waals surface area contributed by atoms with E-state index in [2.05, 4.69) is 5.32 Å². The van der Waals surface area contributed by atoms with Crippen molar-refractivity contribution in [3.63, 3.8) is 0 Å². The highest BCUT2D eigenvalue weighted by Gasteiger charge is 2.20. The fraction of sp³-hybridized carbons (Fsp3) is 0.417. The molecule has 0 saturated heterocycles. The molecule has 7 nitrogen and oxygen atoms in total. The van der Waals surface area contributed by atoms with Crippen LogP contribution in [0.2, 0.25) is 0 Å². The van der Waals surface area contributed by atoms with Gasteiger partial charge in [-0.1, -0.05) is 0 Å². The van der Waals surface area contributed by atoms with Crippen molar-refractivity contribution in [2.45, 2.75) is 6.92 Å². The quantitative estimate of drug-likeness (QED) is 0.779. The predicted octanol–water partition coefficient (Wildman–Crippen LogP) is 0.880. The lowest BCUT2D eigenvalue weighted by Gasteiger charge is -2.19. The van der Waals surface area contributed by atoms with Gasteiger partial charge in [0.2, 0.25) is 5.91 Å². The van der Waals surface area contributed by atoms with Gasteiger partial charge >= 0.3 is 5.97 Å². The van der Waals surface area contributed by atoms with Crippen molar-refractivity contribution in [3.05, 3.63) is 17.0 Å². The number of carbonyl (C=O) groups excluding carboxylic acids is 2. The number of hydrogen-bond donors (Lipinski definition) is 2. The molecule has 1 aromatic heterocycles. The molecule has 0 fully saturated rings. The molecule has 1 heterocycles. The fourth-order valence-electron chi connectivity index (χ4n) is 1.47. The van der Waals surface area contributed by atoms with Crippen molar-refractivity contribution < 1.29 is 24.2 Å². The van der Waals surface area contributed by atoms with Crippen LogP contribution in [0, 0.1) is 0 Å². The number of amides is 2. The maximum absolute atomic E-state index is 12.2. The molecule has 0 saturated carbocycles. The Morgan fingerprint density at radius 3 is 2.65 bits per heavy atom. The number of carbonyl (C=O) groups is 3. The van der Waals surface area contributed by atoms with Crippen LogP contribution in [0.25, 0.3) is 0 Å². The van der Waals surface area contributed by atoms with Crippen LogP contribution < -0.4 is 5.32 Å². The molecule has 110 valence electrons. The summed E-state index contributed by atoms with van der Waals surface area (Å²) in [6, 6.07) is 3.16. The number of nitrogens with zero attached hydrogens (tertiary/aromatic N) is 1. The summed E-state index contributed by atoms with van der Waals surface area (Å²) in [4.78, 5) is 35.4. The number of anilines is 1. The van der Waals surface area contributed by atoms with Crippen LogP contribution in [-0.4, -0.2) is 54.6 Å². The summed E-state index contributed by atoms with van der Waals surface area (Å²) in [5, 5.41) is 11.9. The molecular weight excluding hydrogens is 284 g/mol. The highest BCUT2D eigenvalue weighted by Crippen LogP contribution is 2.23. The molecule has 2 N–H and O–H groups in total. The maximum Gasteiger partial charge on any atom is 0.323 e. The summed E-state index contributed by atoms with van der Waals surface area (Å²) in [5.74, 6) is -1.72. The molecule has 2 amide bonds. The SMILES string of the molecule is COCCN(CC(=O)O)C(=O)c1ccc(NC(C)=O)s1. The van der Waals surface area contributed by atoms with E-state index in [1.54, 1.807) is 12.1 Å². The van der Waals surface area contributed by atoms with Crippen molar-refractivity contribution in [2.24, 2.45) is 0 Å². The Bertz CT molecular complexity index is 500. The largest absolute Gasteiger partial charge is 0.480 e. The predicted molar refractivity (Wildman–Crippen MR) is 74.0 cm³/mol. The Morgan fingerprint density at radius 2 is 2.10 bits per heavy atom. The molecule has 0 unspecified atom stereocenters. The standard InChI is InChI=1S/C12H16N2O5S/c1-8(15)13-10-4-3-9(20-10)12(18)14(5-6-19-2)7-11(16)17/h3-4H,5-7H2,1-2H3,(H,13,15)(H,16,17). The van der Waals surface area contributed by atoms with Gasteiger partial charge in [0.25, 0.3) is 5.91 Å². The van der Waals surface area contributed by atoms with E-state index in [1.165, 1.54) is 18.9 Å². The molecule has 8 heteroatoms. The third-order valence-corrected chi connectivity index (χ3v) is 3.28. The number of ether oxygens (including phenoxy) is 1. The number of nitrogens with one attached hydrogen (secondary N) is 1. The van der Waals surface area contributed by atoms with Gasteiger partial charge in [0.05, 0.1) is 16.5 Å². The number of carboxylic acids is 1. The summed E-state index contributed by atoms with van der Waals surface area (Å²) in [6.07, 6.45) is 0. The van der Waals surface area contributed by atoms with Gasteiger partial charge in [0.15, 0.2) is 0 Å². The number of rotatable bonds is 7. The van der Waals surface area contributed by atoms with Gasteiger partial charge in [-0.15, -0.1) is 11.3 Å². The zero-order chi connectivity index (χ0) is 15.1. The maximum atomic E-state index is 12.2. The van der Waals surface area contributed by atoms with Crippen molar-refractivity contribution in [1.29, 1.82) is 0 Å². The first-order valence-corrected chi connectivity index (χ1v) is 6.63. The Kier molecular flexibility index (Phi) is 6.13. The molecule has 0 aliphatic carbocycles. The van der Waals surface area contributed by atoms with Gasteiger partial charge in [-0.05, 0) is 12.1 Å². The van der Waals surface area contributed by atoms with Crippen LogP contribution in [0.15, 0.2) is 12.1 Å². The first-order chi connectivity index (χ1) is 9.43. The molecule has 0 aliphatic rings. The number of methoxy groups -OCH3 is 1. The van der Waals surface area contributed by atoms with Crippen molar-refractivity contribution in [3.8, 4) is 0 Å². The first-order valence-electron chi connectivity index (χ1n) is 5.81. The van der Waals surface area contributed by atoms with E-state index in [0.29, 0.717) is 9.88 Å². The number of carboxylic acid groups (broad SMARTS) is 1. The number of thiophene rings is 1. The van der Waals surface area contributed by atoms with E-state index >= 15 is 0 Å². The van der Waals surface area contributed by atoms with Gasteiger partial charge in [-0.3, -0.25) is 14.4 Å². The van der Waals surface area contributed by atoms with Crippen molar-refractivity contribution in [2.75, 3.05) is 32.1 Å². The van der Waals surface area contributed by atoms with Crippen LogP contribution in [-0.2, 0) is 14.3 Å². The minimum absolute atomic E-state index is 0.189. The Hall–Kier alpha value is -1.93. The zero-order valence-electron chi connectivity index (χ0n) is 11.2. The summed E-state index contributed by atoms with van der Waals surface area (Å²) >= 11 is 1.10. The molecule has 1 aromatic rings. The van der Waals surface area contributed by atoms with Gasteiger partial charge < -0.3 is 20.1 Å². The minimum atomic E-state index is -1.09. The van der Waals surface area contributed by atoms with Crippen LogP contribution in [0.5, 0.6) is 0 Å². The molecule has 0 aromatic carbocycles. The summed E-state index contributed by atoms with van der Waals surface area (Å²) in [5.41, 5.74) is 0. The zero-order valence-corrected chi connectivity index (χ0v) is 12.0. The smallest absolute Gasteiger partial charge is 0.323 e. The first kappa shape index (κ1) is 16.1. The van der Waals surface area contributed by atoms with Crippen LogP contribution in [0.4, 0.5) is 5.00 Å². The average molecular weight is 300 g/mol. The topological polar surface area (TPSA) is 95.9 Å². The van der Waals surface area contributed by atoms with Gasteiger partial charge in [0.1, 0.15) is 6.54 Å². The third-order valence-electron chi connectivity index (χ3n) is 2.29. The van der Waals surface area contributed by atoms with E-state index in [-0.39, 0.29) is 19.1 Å². The lowest BCUT2D eigenvalue weighted by molar-refractivity contribution is -0.137. The molecule has 0 aliphatic heterocycles. The second-order valence-electron chi connectivity index (χ2n) is 3.96. The van der Waals surface area contributed by atoms with Crippen LogP contribution >= 0.6 is 11.3 Å². The average Bonchev–Trinajstić information content (AvgIpc) is 2.80. The van der Waals surface area contributed by atoms with E-state index in [9.17, 15) is 14.4 Å². The molecule has 20 heavy (non-hydrogen) atoms. The normalized spacial score (nSPS) is 10.1. The lowest BCUT2D eigenvalue weighted by Crippen LogP contribution is -2.37. The van der Waals surface area contributed by atoms with E-state index in [0.717, 1.165) is 11.3 Å². The third kappa shape index (κ3) is 4.98. The second-order valence-corrected chi connectivity index (χ2v) is 5.04. The molecule has 0 spiro atoms. The van der Waals surface area contributed by atoms with Gasteiger partial charge in [-0.2, -0.15) is 0 Å². The molecule has 1 rings (SSSR count). The van der Waals surface area contributed by atoms with Crippen LogP contribution in [0.1, 0.15) is 16.6 Å². The summed E-state index contributed by atoms with van der Waals surface area (Å²) in [7, 11) is 1.48. The number of aliphatic carboxylic acids is 1. The second kappa shape index (κ2) is 7.61. The molecule has 0 bridgehead atoms. The minimum Gasteiger partial charge on any atom is -0.480 e. The Labute approximate surface area is 120 Å².